The summed E-state index contributed by atoms with van der Waals surface area (Å²) >= 11 is 1.24. The molecule has 0 spiro atoms. The van der Waals surface area contributed by atoms with Gasteiger partial charge in [-0.2, -0.15) is 0 Å². The third-order valence-corrected chi connectivity index (χ3v) is 3.87. The lowest BCUT2D eigenvalue weighted by molar-refractivity contribution is -0.137. The van der Waals surface area contributed by atoms with Crippen LogP contribution in [0.25, 0.3) is 11.4 Å². The van der Waals surface area contributed by atoms with Gasteiger partial charge in [-0.15, -0.1) is 10.2 Å². The Morgan fingerprint density at radius 2 is 2.09 bits per heavy atom. The number of carbonyl (C=O) groups excluding carboxylic acids is 1. The Balaban J connectivity index is 2.36. The monoisotopic (exact) mass is 323 g/mol. The normalized spacial score (nSPS) is 11.0. The molecule has 22 heavy (non-hydrogen) atoms. The molecular weight excluding hydrogens is 305 g/mol. The van der Waals surface area contributed by atoms with Gasteiger partial charge in [0.1, 0.15) is 5.82 Å². The van der Waals surface area contributed by atoms with Crippen molar-refractivity contribution in [2.24, 2.45) is 5.92 Å². The summed E-state index contributed by atoms with van der Waals surface area (Å²) in [6.45, 7) is 4.75. The topological polar surface area (TPSA) is 57.0 Å². The molecule has 1 heterocycles. The van der Waals surface area contributed by atoms with Gasteiger partial charge in [-0.1, -0.05) is 37.7 Å². The Morgan fingerprint density at radius 1 is 1.36 bits per heavy atom. The van der Waals surface area contributed by atoms with Crippen LogP contribution in [0.1, 0.15) is 13.8 Å². The van der Waals surface area contributed by atoms with E-state index < -0.39 is 0 Å². The first-order valence-corrected chi connectivity index (χ1v) is 7.89. The Bertz CT molecular complexity index is 658. The second-order valence-corrected chi connectivity index (χ2v) is 6.10. The van der Waals surface area contributed by atoms with E-state index in [4.69, 9.17) is 0 Å². The Hall–Kier alpha value is -1.89. The van der Waals surface area contributed by atoms with Gasteiger partial charge in [0.15, 0.2) is 11.0 Å². The average molecular weight is 323 g/mol. The number of rotatable bonds is 6. The van der Waals surface area contributed by atoms with Gasteiger partial charge >= 0.3 is 5.97 Å². The average Bonchev–Trinajstić information content (AvgIpc) is 2.87. The number of thioether (sulfide) groups is 1. The van der Waals surface area contributed by atoms with Crippen LogP contribution in [0, 0.1) is 11.7 Å². The largest absolute Gasteiger partial charge is 0.468 e. The van der Waals surface area contributed by atoms with Crippen molar-refractivity contribution < 1.29 is 13.9 Å². The van der Waals surface area contributed by atoms with Crippen molar-refractivity contribution >= 4 is 17.7 Å². The van der Waals surface area contributed by atoms with E-state index in [-0.39, 0.29) is 17.5 Å². The van der Waals surface area contributed by atoms with Crippen LogP contribution in [0.3, 0.4) is 0 Å². The van der Waals surface area contributed by atoms with Gasteiger partial charge in [0, 0.05) is 6.54 Å². The molecule has 7 heteroatoms. The highest BCUT2D eigenvalue weighted by Gasteiger charge is 2.18. The zero-order valence-electron chi connectivity index (χ0n) is 12.7. The smallest absolute Gasteiger partial charge is 0.316 e. The summed E-state index contributed by atoms with van der Waals surface area (Å²) in [5, 5.41) is 8.78. The summed E-state index contributed by atoms with van der Waals surface area (Å²) < 4.78 is 20.5. The number of aromatic nitrogens is 3. The van der Waals surface area contributed by atoms with Crippen LogP contribution in [0.15, 0.2) is 29.4 Å². The fourth-order valence-corrected chi connectivity index (χ4v) is 2.73. The predicted octanol–water partition coefficient (Wildman–Crippen LogP) is 3.01. The van der Waals surface area contributed by atoms with E-state index in [0.717, 1.165) is 0 Å². The van der Waals surface area contributed by atoms with E-state index >= 15 is 0 Å². The van der Waals surface area contributed by atoms with Crippen molar-refractivity contribution in [2.75, 3.05) is 12.9 Å². The van der Waals surface area contributed by atoms with Gasteiger partial charge in [-0.05, 0) is 18.1 Å². The highest BCUT2D eigenvalue weighted by Crippen LogP contribution is 2.26. The molecule has 1 aromatic carbocycles. The molecule has 2 aromatic rings. The van der Waals surface area contributed by atoms with Crippen molar-refractivity contribution in [1.82, 2.24) is 14.8 Å². The fraction of sp³-hybridized carbons (Fsp3) is 0.400. The van der Waals surface area contributed by atoms with E-state index in [9.17, 15) is 9.18 Å². The summed E-state index contributed by atoms with van der Waals surface area (Å²) in [4.78, 5) is 11.3. The lowest BCUT2D eigenvalue weighted by Crippen LogP contribution is -2.10. The van der Waals surface area contributed by atoms with Gasteiger partial charge in [0.25, 0.3) is 0 Å². The predicted molar refractivity (Wildman–Crippen MR) is 83.0 cm³/mol. The lowest BCUT2D eigenvalue weighted by atomic mass is 10.2. The molecule has 1 aromatic heterocycles. The fourth-order valence-electron chi connectivity index (χ4n) is 1.95. The molecule has 0 bridgehead atoms. The Labute approximate surface area is 132 Å². The molecule has 0 radical (unpaired) electrons. The van der Waals surface area contributed by atoms with E-state index in [1.165, 1.54) is 24.9 Å². The van der Waals surface area contributed by atoms with Gasteiger partial charge in [0.05, 0.1) is 18.4 Å². The summed E-state index contributed by atoms with van der Waals surface area (Å²) in [5.74, 6) is 0.267. The molecule has 0 fully saturated rings. The number of methoxy groups -OCH3 is 1. The molecule has 0 unspecified atom stereocenters. The first-order chi connectivity index (χ1) is 10.5. The van der Waals surface area contributed by atoms with Crippen LogP contribution in [-0.4, -0.2) is 33.6 Å². The van der Waals surface area contributed by atoms with E-state index in [0.29, 0.717) is 29.0 Å². The third kappa shape index (κ3) is 3.85. The van der Waals surface area contributed by atoms with Crippen LogP contribution < -0.4 is 0 Å². The van der Waals surface area contributed by atoms with Gasteiger partial charge in [-0.25, -0.2) is 4.39 Å². The van der Waals surface area contributed by atoms with Crippen LogP contribution in [0.4, 0.5) is 4.39 Å². The molecule has 0 atom stereocenters. The quantitative estimate of drug-likeness (QED) is 0.604. The highest BCUT2D eigenvalue weighted by atomic mass is 32.2. The van der Waals surface area contributed by atoms with E-state index in [1.807, 2.05) is 4.57 Å². The number of benzene rings is 1. The van der Waals surface area contributed by atoms with Crippen LogP contribution in [0.2, 0.25) is 0 Å². The van der Waals surface area contributed by atoms with E-state index in [2.05, 4.69) is 28.8 Å². The summed E-state index contributed by atoms with van der Waals surface area (Å²) in [6.07, 6.45) is 0. The summed E-state index contributed by atoms with van der Waals surface area (Å²) in [7, 11) is 1.34. The van der Waals surface area contributed by atoms with Crippen molar-refractivity contribution in [3.05, 3.63) is 30.1 Å². The first-order valence-electron chi connectivity index (χ1n) is 6.90. The molecular formula is C15H18FN3O2S. The maximum Gasteiger partial charge on any atom is 0.316 e. The van der Waals surface area contributed by atoms with Crippen molar-refractivity contribution in [1.29, 1.82) is 0 Å². The zero-order chi connectivity index (χ0) is 16.1. The third-order valence-electron chi connectivity index (χ3n) is 2.93. The molecule has 0 aliphatic heterocycles. The zero-order valence-corrected chi connectivity index (χ0v) is 13.6. The summed E-state index contributed by atoms with van der Waals surface area (Å²) in [5.41, 5.74) is 0.403. The number of halogens is 1. The maximum absolute atomic E-state index is 14.0. The minimum atomic E-state index is -0.343. The van der Waals surface area contributed by atoms with Crippen molar-refractivity contribution in [3.8, 4) is 11.4 Å². The second kappa shape index (κ2) is 7.40. The molecule has 0 saturated carbocycles. The molecule has 118 valence electrons. The Kier molecular flexibility index (Phi) is 5.54. The number of ether oxygens (including phenoxy) is 1. The second-order valence-electron chi connectivity index (χ2n) is 5.16. The van der Waals surface area contributed by atoms with Crippen LogP contribution in [0.5, 0.6) is 0 Å². The minimum absolute atomic E-state index is 0.143. The standard InChI is InChI=1S/C15H18FN3O2S/c1-10(2)8-19-14(11-6-4-5-7-12(11)16)17-18-15(19)22-9-13(20)21-3/h4-7,10H,8-9H2,1-3H3. The van der Waals surface area contributed by atoms with Gasteiger partial charge in [-0.3, -0.25) is 4.79 Å². The molecule has 0 saturated heterocycles. The van der Waals surface area contributed by atoms with Crippen LogP contribution >= 0.6 is 11.8 Å². The molecule has 0 aliphatic rings. The number of esters is 1. The lowest BCUT2D eigenvalue weighted by Gasteiger charge is -2.12. The summed E-state index contributed by atoms with van der Waals surface area (Å²) in [6, 6.07) is 6.46. The maximum atomic E-state index is 14.0. The minimum Gasteiger partial charge on any atom is -0.468 e. The van der Waals surface area contributed by atoms with Gasteiger partial charge < -0.3 is 9.30 Å². The molecule has 2 rings (SSSR count). The first kappa shape index (κ1) is 16.5. The van der Waals surface area contributed by atoms with Gasteiger partial charge in [0.2, 0.25) is 0 Å². The molecule has 0 amide bonds. The number of nitrogens with zero attached hydrogens (tertiary/aromatic N) is 3. The number of hydrogen-bond acceptors (Lipinski definition) is 5. The van der Waals surface area contributed by atoms with Crippen LogP contribution in [-0.2, 0) is 16.1 Å². The molecule has 5 nitrogen and oxygen atoms in total. The molecule has 0 N–H and O–H groups in total. The SMILES string of the molecule is COC(=O)CSc1nnc(-c2ccccc2F)n1CC(C)C. The van der Waals surface area contributed by atoms with Crippen molar-refractivity contribution in [2.45, 2.75) is 25.5 Å². The van der Waals surface area contributed by atoms with Crippen molar-refractivity contribution in [3.63, 3.8) is 0 Å². The van der Waals surface area contributed by atoms with E-state index in [1.54, 1.807) is 18.2 Å². The Morgan fingerprint density at radius 3 is 2.73 bits per heavy atom. The highest BCUT2D eigenvalue weighted by molar-refractivity contribution is 7.99. The molecule has 0 aliphatic carbocycles. The number of hydrogen-bond donors (Lipinski definition) is 0. The number of carbonyl (C=O) groups is 1.